The van der Waals surface area contributed by atoms with Gasteiger partial charge in [0.2, 0.25) is 0 Å². The second-order valence-electron chi connectivity index (χ2n) is 6.77. The van der Waals surface area contributed by atoms with Gasteiger partial charge in [0.15, 0.2) is 0 Å². The molecule has 4 heterocycles. The van der Waals surface area contributed by atoms with E-state index in [1.165, 1.54) is 70.0 Å². The van der Waals surface area contributed by atoms with Gasteiger partial charge in [0.05, 0.1) is 5.69 Å². The topological polar surface area (TPSA) is 27.5 Å². The lowest BCUT2D eigenvalue weighted by Gasteiger charge is -2.48. The molecule has 2 fully saturated rings. The predicted octanol–water partition coefficient (Wildman–Crippen LogP) is 0.651. The van der Waals surface area contributed by atoms with Gasteiger partial charge in [-0.25, -0.2) is 0 Å². The van der Waals surface area contributed by atoms with Crippen molar-refractivity contribution in [2.45, 2.75) is 38.9 Å². The van der Waals surface area contributed by atoms with Crippen LogP contribution in [0.1, 0.15) is 24.7 Å². The van der Waals surface area contributed by atoms with Crippen molar-refractivity contribution >= 4 is 0 Å². The van der Waals surface area contributed by atoms with Gasteiger partial charge in [-0.1, -0.05) is 6.92 Å². The molecule has 5 heteroatoms. The van der Waals surface area contributed by atoms with Gasteiger partial charge < -0.3 is 4.90 Å². The van der Waals surface area contributed by atoms with Crippen LogP contribution in [-0.2, 0) is 19.5 Å². The molecule has 3 aliphatic heterocycles. The molecule has 0 amide bonds. The fourth-order valence-corrected chi connectivity index (χ4v) is 3.97. The number of fused-ring (bicyclic) bond motifs is 1. The van der Waals surface area contributed by atoms with Gasteiger partial charge in [-0.15, -0.1) is 0 Å². The normalized spacial score (nSPS) is 25.2. The summed E-state index contributed by atoms with van der Waals surface area (Å²) in [7, 11) is 0. The zero-order valence-corrected chi connectivity index (χ0v) is 13.2. The SMILES string of the molecule is CCN1CCN(C2CN(Cc3cc4n(n3)CCC4)C2)CC1. The molecule has 21 heavy (non-hydrogen) atoms. The molecule has 0 atom stereocenters. The Morgan fingerprint density at radius 3 is 2.62 bits per heavy atom. The number of hydrogen-bond donors (Lipinski definition) is 0. The summed E-state index contributed by atoms with van der Waals surface area (Å²) in [6.07, 6.45) is 2.50. The lowest BCUT2D eigenvalue weighted by Crippen LogP contribution is -2.62. The standard InChI is InChI=1S/C16H27N5/c1-2-18-6-8-20(9-7-18)16-12-19(13-16)11-14-10-15-4-3-5-21(15)17-14/h10,16H,2-9,11-13H2,1H3. The summed E-state index contributed by atoms with van der Waals surface area (Å²) in [4.78, 5) is 7.80. The first-order chi connectivity index (χ1) is 10.3. The number of nitrogens with zero attached hydrogens (tertiary/aromatic N) is 5. The van der Waals surface area contributed by atoms with Gasteiger partial charge >= 0.3 is 0 Å². The van der Waals surface area contributed by atoms with Crippen LogP contribution >= 0.6 is 0 Å². The molecular weight excluding hydrogens is 262 g/mol. The van der Waals surface area contributed by atoms with E-state index in [0.29, 0.717) is 0 Å². The Morgan fingerprint density at radius 2 is 1.90 bits per heavy atom. The van der Waals surface area contributed by atoms with E-state index in [1.807, 2.05) is 0 Å². The summed E-state index contributed by atoms with van der Waals surface area (Å²) >= 11 is 0. The second-order valence-corrected chi connectivity index (χ2v) is 6.77. The van der Waals surface area contributed by atoms with E-state index in [4.69, 9.17) is 5.10 Å². The molecule has 0 N–H and O–H groups in total. The van der Waals surface area contributed by atoms with Crippen molar-refractivity contribution in [3.05, 3.63) is 17.5 Å². The van der Waals surface area contributed by atoms with E-state index in [-0.39, 0.29) is 0 Å². The Hall–Kier alpha value is -0.910. The molecule has 1 aromatic heterocycles. The van der Waals surface area contributed by atoms with E-state index in [2.05, 4.69) is 32.4 Å². The van der Waals surface area contributed by atoms with Gasteiger partial charge in [-0.05, 0) is 25.5 Å². The number of aromatic nitrogens is 2. The monoisotopic (exact) mass is 289 g/mol. The molecule has 0 aromatic carbocycles. The van der Waals surface area contributed by atoms with Gasteiger partial charge in [0.1, 0.15) is 0 Å². The molecule has 4 rings (SSSR count). The molecule has 0 radical (unpaired) electrons. The van der Waals surface area contributed by atoms with Crippen molar-refractivity contribution in [3.8, 4) is 0 Å². The Kier molecular flexibility index (Phi) is 3.73. The van der Waals surface area contributed by atoms with Crippen molar-refractivity contribution in [2.75, 3.05) is 45.8 Å². The third kappa shape index (κ3) is 2.74. The second kappa shape index (κ2) is 5.71. The van der Waals surface area contributed by atoms with Gasteiger partial charge in [0, 0.05) is 64.1 Å². The van der Waals surface area contributed by atoms with Crippen molar-refractivity contribution in [2.24, 2.45) is 0 Å². The van der Waals surface area contributed by atoms with E-state index >= 15 is 0 Å². The summed E-state index contributed by atoms with van der Waals surface area (Å²) in [6.45, 7) is 13.1. The Morgan fingerprint density at radius 1 is 1.10 bits per heavy atom. The maximum atomic E-state index is 4.73. The maximum Gasteiger partial charge on any atom is 0.0767 e. The molecule has 116 valence electrons. The molecule has 0 spiro atoms. The molecule has 0 bridgehead atoms. The zero-order chi connectivity index (χ0) is 14.2. The summed E-state index contributed by atoms with van der Waals surface area (Å²) in [5.74, 6) is 0. The van der Waals surface area contributed by atoms with Crippen molar-refractivity contribution < 1.29 is 0 Å². The summed E-state index contributed by atoms with van der Waals surface area (Å²) in [5, 5.41) is 4.73. The van der Waals surface area contributed by atoms with Crippen molar-refractivity contribution in [1.29, 1.82) is 0 Å². The minimum absolute atomic E-state index is 0.790. The number of hydrogen-bond acceptors (Lipinski definition) is 4. The molecule has 0 unspecified atom stereocenters. The molecule has 0 aliphatic carbocycles. The minimum atomic E-state index is 0.790. The summed E-state index contributed by atoms with van der Waals surface area (Å²) in [6, 6.07) is 3.11. The largest absolute Gasteiger partial charge is 0.301 e. The lowest BCUT2D eigenvalue weighted by atomic mass is 10.1. The van der Waals surface area contributed by atoms with Gasteiger partial charge in [-0.3, -0.25) is 14.5 Å². The number of rotatable bonds is 4. The van der Waals surface area contributed by atoms with Crippen molar-refractivity contribution in [3.63, 3.8) is 0 Å². The summed E-state index contributed by atoms with van der Waals surface area (Å²) < 4.78 is 2.20. The molecular formula is C16H27N5. The van der Waals surface area contributed by atoms with Crippen LogP contribution in [0.25, 0.3) is 0 Å². The van der Waals surface area contributed by atoms with Crippen LogP contribution in [0.15, 0.2) is 6.07 Å². The van der Waals surface area contributed by atoms with Crippen LogP contribution in [0.5, 0.6) is 0 Å². The smallest absolute Gasteiger partial charge is 0.0767 e. The van der Waals surface area contributed by atoms with E-state index in [1.54, 1.807) is 0 Å². The number of piperazine rings is 1. The highest BCUT2D eigenvalue weighted by Crippen LogP contribution is 2.21. The van der Waals surface area contributed by atoms with E-state index in [9.17, 15) is 0 Å². The fraction of sp³-hybridized carbons (Fsp3) is 0.812. The Labute approximate surface area is 127 Å². The molecule has 2 saturated heterocycles. The Balaban J connectivity index is 1.24. The number of likely N-dealkylation sites (tertiary alicyclic amines) is 1. The minimum Gasteiger partial charge on any atom is -0.301 e. The fourth-order valence-electron chi connectivity index (χ4n) is 3.97. The maximum absolute atomic E-state index is 4.73. The Bertz CT molecular complexity index is 461. The highest BCUT2D eigenvalue weighted by molar-refractivity contribution is 5.13. The highest BCUT2D eigenvalue weighted by Gasteiger charge is 2.33. The third-order valence-electron chi connectivity index (χ3n) is 5.41. The van der Waals surface area contributed by atoms with E-state index in [0.717, 1.165) is 19.1 Å². The van der Waals surface area contributed by atoms with Crippen LogP contribution in [0.2, 0.25) is 0 Å². The van der Waals surface area contributed by atoms with Crippen LogP contribution in [0.3, 0.4) is 0 Å². The first kappa shape index (κ1) is 13.7. The summed E-state index contributed by atoms with van der Waals surface area (Å²) in [5.41, 5.74) is 2.72. The van der Waals surface area contributed by atoms with Crippen LogP contribution in [-0.4, -0.2) is 76.3 Å². The molecule has 3 aliphatic rings. The van der Waals surface area contributed by atoms with Crippen LogP contribution in [0, 0.1) is 0 Å². The number of aryl methyl sites for hydroxylation is 2. The average molecular weight is 289 g/mol. The lowest BCUT2D eigenvalue weighted by molar-refractivity contribution is 0.00150. The quantitative estimate of drug-likeness (QED) is 0.813. The zero-order valence-electron chi connectivity index (χ0n) is 13.2. The number of likely N-dealkylation sites (N-methyl/N-ethyl adjacent to an activating group) is 1. The van der Waals surface area contributed by atoms with E-state index < -0.39 is 0 Å². The predicted molar refractivity (Wildman–Crippen MR) is 83.3 cm³/mol. The molecule has 1 aromatic rings. The first-order valence-corrected chi connectivity index (χ1v) is 8.56. The highest BCUT2D eigenvalue weighted by atomic mass is 15.4. The van der Waals surface area contributed by atoms with Gasteiger partial charge in [-0.2, -0.15) is 5.10 Å². The third-order valence-corrected chi connectivity index (χ3v) is 5.41. The van der Waals surface area contributed by atoms with Crippen LogP contribution in [0.4, 0.5) is 0 Å². The van der Waals surface area contributed by atoms with Crippen LogP contribution < -0.4 is 0 Å². The van der Waals surface area contributed by atoms with Gasteiger partial charge in [0.25, 0.3) is 0 Å². The first-order valence-electron chi connectivity index (χ1n) is 8.56. The van der Waals surface area contributed by atoms with Crippen molar-refractivity contribution in [1.82, 2.24) is 24.5 Å². The molecule has 5 nitrogen and oxygen atoms in total. The molecule has 0 saturated carbocycles. The average Bonchev–Trinajstić information content (AvgIpc) is 3.03.